The number of allylic oxidation sites excluding steroid dienone is 2. The van der Waals surface area contributed by atoms with Crippen LogP contribution in [0.5, 0.6) is 0 Å². The normalized spacial score (nSPS) is 15.4. The summed E-state index contributed by atoms with van der Waals surface area (Å²) in [5.74, 6) is 6.59. The Morgan fingerprint density at radius 2 is 1.50 bits per heavy atom. The fraction of sp³-hybridized carbons (Fsp3) is 0.438. The number of anilines is 1. The molecule has 0 amide bonds. The molecular formula is C32H47N5O3. The van der Waals surface area contributed by atoms with Gasteiger partial charge in [0.2, 0.25) is 0 Å². The van der Waals surface area contributed by atoms with E-state index in [1.165, 1.54) is 11.1 Å². The van der Waals surface area contributed by atoms with Crippen LogP contribution < -0.4 is 16.5 Å². The van der Waals surface area contributed by atoms with E-state index in [9.17, 15) is 0 Å². The van der Waals surface area contributed by atoms with E-state index in [-0.39, 0.29) is 0 Å². The van der Waals surface area contributed by atoms with Gasteiger partial charge in [0.1, 0.15) is 0 Å². The number of ether oxygens (including phenoxy) is 3. The quantitative estimate of drug-likeness (QED) is 0.132. The van der Waals surface area contributed by atoms with Crippen molar-refractivity contribution in [3.05, 3.63) is 89.5 Å². The maximum atomic E-state index is 6.76. The van der Waals surface area contributed by atoms with Gasteiger partial charge in [0, 0.05) is 43.5 Å². The van der Waals surface area contributed by atoms with Crippen molar-refractivity contribution in [2.45, 2.75) is 19.9 Å². The third-order valence-corrected chi connectivity index (χ3v) is 7.08. The van der Waals surface area contributed by atoms with Crippen molar-refractivity contribution in [1.82, 2.24) is 9.91 Å². The number of rotatable bonds is 17. The van der Waals surface area contributed by atoms with Crippen molar-refractivity contribution in [2.75, 3.05) is 78.3 Å². The van der Waals surface area contributed by atoms with Gasteiger partial charge in [-0.3, -0.25) is 0 Å². The fourth-order valence-corrected chi connectivity index (χ4v) is 4.68. The van der Waals surface area contributed by atoms with Gasteiger partial charge >= 0.3 is 0 Å². The predicted octanol–water partition coefficient (Wildman–Crippen LogP) is 4.10. The molecule has 0 unspecified atom stereocenters. The monoisotopic (exact) mass is 549 g/mol. The van der Waals surface area contributed by atoms with Crippen LogP contribution in [0.2, 0.25) is 0 Å². The molecule has 0 spiro atoms. The van der Waals surface area contributed by atoms with Gasteiger partial charge in [0.25, 0.3) is 0 Å². The third-order valence-electron chi connectivity index (χ3n) is 7.08. The standard InChI is InChI=1S/C32H47N5O3/c1-5-26(6-2)15-16-35(3)17-19-38-21-23-40-24-22-39-20-18-37(34)32-28-12-8-7-11-27(28)25-36(4)30-14-10-9-13-29(30)31(32)33/h5-14H,1,15-25,33-34H2,2-4H3/b26-6+,32-31-. The number of hydrogen-bond acceptors (Lipinski definition) is 8. The van der Waals surface area contributed by atoms with E-state index in [0.29, 0.717) is 51.9 Å². The van der Waals surface area contributed by atoms with Crippen LogP contribution in [0.4, 0.5) is 5.69 Å². The van der Waals surface area contributed by atoms with E-state index in [4.69, 9.17) is 25.8 Å². The zero-order valence-electron chi connectivity index (χ0n) is 24.5. The molecule has 218 valence electrons. The van der Waals surface area contributed by atoms with E-state index < -0.39 is 0 Å². The molecule has 1 aliphatic heterocycles. The Balaban J connectivity index is 1.37. The zero-order chi connectivity index (χ0) is 28.7. The highest BCUT2D eigenvalue weighted by atomic mass is 16.5. The van der Waals surface area contributed by atoms with Crippen molar-refractivity contribution in [1.29, 1.82) is 0 Å². The highest BCUT2D eigenvalue weighted by Gasteiger charge is 2.23. The van der Waals surface area contributed by atoms with Gasteiger partial charge < -0.3 is 34.8 Å². The molecule has 0 saturated carbocycles. The summed E-state index contributed by atoms with van der Waals surface area (Å²) < 4.78 is 17.2. The molecule has 3 rings (SSSR count). The summed E-state index contributed by atoms with van der Waals surface area (Å²) in [6, 6.07) is 16.4. The Morgan fingerprint density at radius 1 is 0.900 bits per heavy atom. The lowest BCUT2D eigenvalue weighted by Crippen LogP contribution is -2.36. The minimum atomic E-state index is 0.462. The first kappa shape index (κ1) is 31.4. The first-order chi connectivity index (χ1) is 19.5. The lowest BCUT2D eigenvalue weighted by atomic mass is 9.96. The first-order valence-corrected chi connectivity index (χ1v) is 14.1. The molecule has 8 heteroatoms. The number of hydrazine groups is 1. The summed E-state index contributed by atoms with van der Waals surface area (Å²) in [7, 11) is 4.19. The zero-order valence-corrected chi connectivity index (χ0v) is 24.5. The number of fused-ring (bicyclic) bond motifs is 2. The van der Waals surface area contributed by atoms with Crippen molar-refractivity contribution in [3.63, 3.8) is 0 Å². The fourth-order valence-electron chi connectivity index (χ4n) is 4.68. The van der Waals surface area contributed by atoms with E-state index >= 15 is 0 Å². The molecule has 0 radical (unpaired) electrons. The van der Waals surface area contributed by atoms with Gasteiger partial charge in [-0.25, -0.2) is 5.84 Å². The first-order valence-electron chi connectivity index (χ1n) is 14.1. The number of likely N-dealkylation sites (N-methyl/N-ethyl adjacent to an activating group) is 1. The molecule has 2 aromatic rings. The second kappa shape index (κ2) is 16.8. The second-order valence-electron chi connectivity index (χ2n) is 9.94. The van der Waals surface area contributed by atoms with Crippen LogP contribution in [0.25, 0.3) is 11.4 Å². The van der Waals surface area contributed by atoms with E-state index in [1.54, 1.807) is 5.01 Å². The lowest BCUT2D eigenvalue weighted by Gasteiger charge is -2.32. The maximum Gasteiger partial charge on any atom is 0.0830 e. The molecule has 0 fully saturated rings. The van der Waals surface area contributed by atoms with Gasteiger partial charge in [0.05, 0.1) is 57.6 Å². The summed E-state index contributed by atoms with van der Waals surface area (Å²) >= 11 is 0. The van der Waals surface area contributed by atoms with Gasteiger partial charge in [0.15, 0.2) is 0 Å². The Labute approximate surface area is 240 Å². The van der Waals surface area contributed by atoms with Crippen molar-refractivity contribution >= 4 is 17.1 Å². The van der Waals surface area contributed by atoms with Gasteiger partial charge in [-0.2, -0.15) is 0 Å². The van der Waals surface area contributed by atoms with Crippen LogP contribution in [0.3, 0.4) is 0 Å². The molecule has 4 N–H and O–H groups in total. The smallest absolute Gasteiger partial charge is 0.0830 e. The van der Waals surface area contributed by atoms with Crippen LogP contribution in [-0.4, -0.2) is 83.3 Å². The van der Waals surface area contributed by atoms with E-state index in [1.807, 2.05) is 43.3 Å². The van der Waals surface area contributed by atoms with Crippen molar-refractivity contribution < 1.29 is 14.2 Å². The minimum absolute atomic E-state index is 0.462. The minimum Gasteiger partial charge on any atom is -0.396 e. The molecule has 40 heavy (non-hydrogen) atoms. The Hall–Kier alpha value is -3.14. The number of nitrogens with zero attached hydrogens (tertiary/aromatic N) is 3. The van der Waals surface area contributed by atoms with Crippen LogP contribution >= 0.6 is 0 Å². The second-order valence-corrected chi connectivity index (χ2v) is 9.94. The van der Waals surface area contributed by atoms with Crippen molar-refractivity contribution in [2.24, 2.45) is 11.6 Å². The Bertz CT molecular complexity index is 1130. The molecule has 0 bridgehead atoms. The third kappa shape index (κ3) is 9.21. The molecule has 1 heterocycles. The topological polar surface area (TPSA) is 89.4 Å². The maximum absolute atomic E-state index is 6.76. The number of nitrogens with two attached hydrogens (primary N) is 2. The average molecular weight is 550 g/mol. The predicted molar refractivity (Wildman–Crippen MR) is 165 cm³/mol. The summed E-state index contributed by atoms with van der Waals surface area (Å²) in [4.78, 5) is 4.48. The van der Waals surface area contributed by atoms with Crippen molar-refractivity contribution in [3.8, 4) is 0 Å². The molecule has 1 aliphatic rings. The highest BCUT2D eigenvalue weighted by Crippen LogP contribution is 2.35. The van der Waals surface area contributed by atoms with Crippen LogP contribution in [0, 0.1) is 0 Å². The number of hydrogen-bond donors (Lipinski definition) is 2. The largest absolute Gasteiger partial charge is 0.396 e. The van der Waals surface area contributed by atoms with Gasteiger partial charge in [-0.1, -0.05) is 66.8 Å². The van der Waals surface area contributed by atoms with Crippen LogP contribution in [0.1, 0.15) is 30.0 Å². The number of para-hydroxylation sites is 1. The summed E-state index contributed by atoms with van der Waals surface area (Å²) in [5, 5.41) is 1.71. The molecule has 0 atom stereocenters. The average Bonchev–Trinajstić information content (AvgIpc) is 2.96. The number of benzene rings is 2. The molecule has 0 saturated heterocycles. The molecule has 8 nitrogen and oxygen atoms in total. The van der Waals surface area contributed by atoms with E-state index in [0.717, 1.165) is 48.6 Å². The highest BCUT2D eigenvalue weighted by molar-refractivity contribution is 5.93. The lowest BCUT2D eigenvalue weighted by molar-refractivity contribution is 0.00984. The summed E-state index contributed by atoms with van der Waals surface area (Å²) in [5.41, 5.74) is 13.8. The molecule has 0 aromatic heterocycles. The van der Waals surface area contributed by atoms with Crippen LogP contribution in [0.15, 0.2) is 72.8 Å². The SMILES string of the molecule is C=C/C(=C\C)CCN(C)CCOCCOCCOCCN(N)/C1=C(\N)c2ccccc2N(C)Cc2ccccc21. The van der Waals surface area contributed by atoms with Gasteiger partial charge in [-0.05, 0) is 32.0 Å². The molecule has 2 aromatic carbocycles. The van der Waals surface area contributed by atoms with Gasteiger partial charge in [-0.15, -0.1) is 0 Å². The Morgan fingerprint density at radius 3 is 2.17 bits per heavy atom. The molecule has 0 aliphatic carbocycles. The van der Waals surface area contributed by atoms with E-state index in [2.05, 4.69) is 54.7 Å². The molecular weight excluding hydrogens is 502 g/mol. The van der Waals surface area contributed by atoms with Crippen LogP contribution in [-0.2, 0) is 20.8 Å². The Kier molecular flexibility index (Phi) is 13.2. The summed E-state index contributed by atoms with van der Waals surface area (Å²) in [6.45, 7) is 12.3. The summed E-state index contributed by atoms with van der Waals surface area (Å²) in [6.07, 6.45) is 5.03.